The highest BCUT2D eigenvalue weighted by Crippen LogP contribution is 2.20. The largest absolute Gasteiger partial charge is 0.339 e. The van der Waals surface area contributed by atoms with Crippen LogP contribution in [-0.2, 0) is 13.0 Å². The zero-order valence-corrected chi connectivity index (χ0v) is 11.9. The van der Waals surface area contributed by atoms with E-state index in [0.29, 0.717) is 11.9 Å². The number of hydrogen-bond donors (Lipinski definition) is 1. The summed E-state index contributed by atoms with van der Waals surface area (Å²) in [6.07, 6.45) is 4.48. The summed E-state index contributed by atoms with van der Waals surface area (Å²) in [6.45, 7) is 5.94. The third-order valence-corrected chi connectivity index (χ3v) is 3.43. The van der Waals surface area contributed by atoms with Crippen LogP contribution >= 0.6 is 12.4 Å². The Morgan fingerprint density at radius 1 is 1.50 bits per heavy atom. The molecule has 2 atom stereocenters. The van der Waals surface area contributed by atoms with Gasteiger partial charge in [-0.05, 0) is 26.3 Å². The van der Waals surface area contributed by atoms with Gasteiger partial charge in [-0.25, -0.2) is 0 Å². The number of halogens is 1. The summed E-state index contributed by atoms with van der Waals surface area (Å²) in [5.74, 6) is 1.50. The number of rotatable bonds is 4. The number of nitrogens with two attached hydrogens (primary N) is 1. The quantitative estimate of drug-likeness (QED) is 0.906. The van der Waals surface area contributed by atoms with E-state index >= 15 is 0 Å². The van der Waals surface area contributed by atoms with Crippen LogP contribution in [0.3, 0.4) is 0 Å². The third-order valence-electron chi connectivity index (χ3n) is 3.43. The van der Waals surface area contributed by atoms with Crippen LogP contribution in [0.4, 0.5) is 0 Å². The predicted molar refractivity (Wildman–Crippen MR) is 72.6 cm³/mol. The highest BCUT2D eigenvalue weighted by Gasteiger charge is 2.26. The van der Waals surface area contributed by atoms with Crippen molar-refractivity contribution in [1.82, 2.24) is 15.0 Å². The molecule has 2 heterocycles. The van der Waals surface area contributed by atoms with Gasteiger partial charge >= 0.3 is 0 Å². The Morgan fingerprint density at radius 3 is 2.89 bits per heavy atom. The maximum absolute atomic E-state index is 6.04. The first-order valence-corrected chi connectivity index (χ1v) is 6.51. The number of aromatic nitrogens is 2. The van der Waals surface area contributed by atoms with Crippen LogP contribution in [0.1, 0.15) is 44.8 Å². The molecule has 0 bridgehead atoms. The monoisotopic (exact) mass is 274 g/mol. The zero-order valence-electron chi connectivity index (χ0n) is 11.1. The fourth-order valence-electron chi connectivity index (χ4n) is 2.49. The van der Waals surface area contributed by atoms with Crippen molar-refractivity contribution in [3.8, 4) is 0 Å². The molecule has 0 aliphatic carbocycles. The lowest BCUT2D eigenvalue weighted by Gasteiger charge is -2.37. The average Bonchev–Trinajstić information content (AvgIpc) is 2.77. The lowest BCUT2D eigenvalue weighted by Crippen LogP contribution is -2.48. The van der Waals surface area contributed by atoms with Crippen LogP contribution < -0.4 is 5.73 Å². The number of nitrogens with zero attached hydrogens (tertiary/aromatic N) is 3. The smallest absolute Gasteiger partial charge is 0.226 e. The van der Waals surface area contributed by atoms with Crippen LogP contribution in [0.25, 0.3) is 0 Å². The first kappa shape index (κ1) is 15.4. The lowest BCUT2D eigenvalue weighted by molar-refractivity contribution is 0.118. The Morgan fingerprint density at radius 2 is 2.28 bits per heavy atom. The fraction of sp³-hybridized carbons (Fsp3) is 0.833. The van der Waals surface area contributed by atoms with Gasteiger partial charge in [0, 0.05) is 18.5 Å². The summed E-state index contributed by atoms with van der Waals surface area (Å²) >= 11 is 0. The summed E-state index contributed by atoms with van der Waals surface area (Å²) in [7, 11) is 0. The topological polar surface area (TPSA) is 68.2 Å². The van der Waals surface area contributed by atoms with Gasteiger partial charge in [0.25, 0.3) is 0 Å². The molecule has 2 rings (SSSR count). The highest BCUT2D eigenvalue weighted by molar-refractivity contribution is 5.85. The average molecular weight is 275 g/mol. The van der Waals surface area contributed by atoms with Gasteiger partial charge in [-0.2, -0.15) is 4.98 Å². The SMILES string of the molecule is CCc1nc(CN2CCCCC2C(C)N)no1.Cl. The molecule has 1 aromatic rings. The molecule has 2 N–H and O–H groups in total. The van der Waals surface area contributed by atoms with E-state index in [1.165, 1.54) is 19.3 Å². The van der Waals surface area contributed by atoms with Crippen molar-refractivity contribution in [1.29, 1.82) is 0 Å². The lowest BCUT2D eigenvalue weighted by atomic mass is 9.97. The van der Waals surface area contributed by atoms with Crippen molar-refractivity contribution in [3.05, 3.63) is 11.7 Å². The summed E-state index contributed by atoms with van der Waals surface area (Å²) in [4.78, 5) is 6.74. The molecule has 1 fully saturated rings. The van der Waals surface area contributed by atoms with E-state index in [9.17, 15) is 0 Å². The Hall–Kier alpha value is -0.650. The highest BCUT2D eigenvalue weighted by atomic mass is 35.5. The molecule has 1 saturated heterocycles. The minimum Gasteiger partial charge on any atom is -0.339 e. The second kappa shape index (κ2) is 7.07. The van der Waals surface area contributed by atoms with Crippen LogP contribution in [0.15, 0.2) is 4.52 Å². The first-order chi connectivity index (χ1) is 8.20. The van der Waals surface area contributed by atoms with Gasteiger partial charge < -0.3 is 10.3 Å². The van der Waals surface area contributed by atoms with Crippen molar-refractivity contribution in [2.24, 2.45) is 5.73 Å². The van der Waals surface area contributed by atoms with Crippen LogP contribution in [0, 0.1) is 0 Å². The van der Waals surface area contributed by atoms with E-state index in [-0.39, 0.29) is 18.4 Å². The minimum atomic E-state index is 0. The van der Waals surface area contributed by atoms with E-state index in [1.807, 2.05) is 6.92 Å². The molecule has 0 spiro atoms. The normalized spacial score (nSPS) is 22.5. The van der Waals surface area contributed by atoms with E-state index < -0.39 is 0 Å². The van der Waals surface area contributed by atoms with E-state index in [2.05, 4.69) is 22.0 Å². The summed E-state index contributed by atoms with van der Waals surface area (Å²) in [5.41, 5.74) is 6.04. The van der Waals surface area contributed by atoms with Crippen molar-refractivity contribution < 1.29 is 4.52 Å². The van der Waals surface area contributed by atoms with Gasteiger partial charge in [0.15, 0.2) is 5.82 Å². The zero-order chi connectivity index (χ0) is 12.3. The van der Waals surface area contributed by atoms with Gasteiger partial charge in [-0.3, -0.25) is 4.90 Å². The van der Waals surface area contributed by atoms with E-state index in [1.54, 1.807) is 0 Å². The second-order valence-electron chi connectivity index (χ2n) is 4.85. The van der Waals surface area contributed by atoms with Gasteiger partial charge in [0.05, 0.1) is 6.54 Å². The van der Waals surface area contributed by atoms with Gasteiger partial charge in [0.2, 0.25) is 5.89 Å². The molecule has 1 aliphatic heterocycles. The second-order valence-corrected chi connectivity index (χ2v) is 4.85. The Labute approximate surface area is 115 Å². The van der Waals surface area contributed by atoms with E-state index in [4.69, 9.17) is 10.3 Å². The van der Waals surface area contributed by atoms with Crippen molar-refractivity contribution in [2.75, 3.05) is 6.54 Å². The standard InChI is InChI=1S/C12H22N4O.ClH/c1-3-12-14-11(15-17-12)8-16-7-5-4-6-10(16)9(2)13;/h9-10H,3-8,13H2,1-2H3;1H. The molecule has 18 heavy (non-hydrogen) atoms. The molecule has 104 valence electrons. The van der Waals surface area contributed by atoms with Crippen LogP contribution in [0.5, 0.6) is 0 Å². The van der Waals surface area contributed by atoms with Crippen molar-refractivity contribution in [2.45, 2.75) is 58.2 Å². The summed E-state index contributed by atoms with van der Waals surface area (Å²) < 4.78 is 5.13. The molecule has 6 heteroatoms. The minimum absolute atomic E-state index is 0. The number of likely N-dealkylation sites (tertiary alicyclic amines) is 1. The predicted octanol–water partition coefficient (Wildman–Crippen LogP) is 1.76. The van der Waals surface area contributed by atoms with Crippen LogP contribution in [-0.4, -0.2) is 33.7 Å². The molecule has 1 aromatic heterocycles. The van der Waals surface area contributed by atoms with Crippen LogP contribution in [0.2, 0.25) is 0 Å². The molecular weight excluding hydrogens is 252 g/mol. The molecule has 0 amide bonds. The molecule has 1 aliphatic rings. The molecule has 0 aromatic carbocycles. The Kier molecular flexibility index (Phi) is 6.05. The molecule has 2 unspecified atom stereocenters. The number of piperidine rings is 1. The molecule has 0 radical (unpaired) electrons. The maximum atomic E-state index is 6.04. The van der Waals surface area contributed by atoms with Gasteiger partial charge in [-0.15, -0.1) is 12.4 Å². The fourth-order valence-corrected chi connectivity index (χ4v) is 2.49. The molecule has 5 nitrogen and oxygen atoms in total. The summed E-state index contributed by atoms with van der Waals surface area (Å²) in [5, 5.41) is 4.01. The Bertz CT molecular complexity index is 356. The Balaban J connectivity index is 0.00000162. The molecular formula is C12H23ClN4O. The van der Waals surface area contributed by atoms with E-state index in [0.717, 1.165) is 25.3 Å². The molecule has 0 saturated carbocycles. The first-order valence-electron chi connectivity index (χ1n) is 6.51. The third kappa shape index (κ3) is 3.67. The number of hydrogen-bond acceptors (Lipinski definition) is 5. The van der Waals surface area contributed by atoms with Gasteiger partial charge in [0.1, 0.15) is 0 Å². The maximum Gasteiger partial charge on any atom is 0.226 e. The van der Waals surface area contributed by atoms with Crippen molar-refractivity contribution >= 4 is 12.4 Å². The van der Waals surface area contributed by atoms with Crippen molar-refractivity contribution in [3.63, 3.8) is 0 Å². The summed E-state index contributed by atoms with van der Waals surface area (Å²) in [6, 6.07) is 0.653. The van der Waals surface area contributed by atoms with Gasteiger partial charge in [-0.1, -0.05) is 18.5 Å². The number of aryl methyl sites for hydroxylation is 1.